The molecule has 2 aliphatic rings. The Morgan fingerprint density at radius 1 is 1.31 bits per heavy atom. The van der Waals surface area contributed by atoms with Gasteiger partial charge in [-0.15, -0.1) is 0 Å². The van der Waals surface area contributed by atoms with Crippen LogP contribution in [0.3, 0.4) is 0 Å². The maximum atomic E-state index is 11.3. The Balaban J connectivity index is 2.08. The molecule has 2 heterocycles. The number of ether oxygens (including phenoxy) is 1. The highest BCUT2D eigenvalue weighted by Crippen LogP contribution is 2.35. The molecule has 16 heavy (non-hydrogen) atoms. The molecule has 0 bridgehead atoms. The third kappa shape index (κ3) is 1.46. The van der Waals surface area contributed by atoms with Crippen molar-refractivity contribution in [2.45, 2.75) is 25.4 Å². The molecule has 0 radical (unpaired) electrons. The molecule has 0 fully saturated rings. The normalized spacial score (nSPS) is 22.8. The molecular weight excluding hydrogens is 206 g/mol. The number of hydrogen-bond acceptors (Lipinski definition) is 3. The second kappa shape index (κ2) is 3.49. The number of aliphatic hydroxyl groups is 1. The summed E-state index contributed by atoms with van der Waals surface area (Å²) in [5.74, 6) is 0.907. The zero-order valence-corrected chi connectivity index (χ0v) is 8.82. The minimum absolute atomic E-state index is 0.0599. The van der Waals surface area contributed by atoms with Gasteiger partial charge >= 0.3 is 0 Å². The van der Waals surface area contributed by atoms with Crippen molar-refractivity contribution in [1.82, 2.24) is 0 Å². The van der Waals surface area contributed by atoms with Crippen LogP contribution in [0.25, 0.3) is 0 Å². The number of nitrogens with one attached hydrogen (secondary N) is 1. The summed E-state index contributed by atoms with van der Waals surface area (Å²) in [5, 5.41) is 12.4. The van der Waals surface area contributed by atoms with Gasteiger partial charge in [0.2, 0.25) is 5.91 Å². The van der Waals surface area contributed by atoms with E-state index in [4.69, 9.17) is 4.74 Å². The van der Waals surface area contributed by atoms with Crippen LogP contribution in [0.15, 0.2) is 12.1 Å². The molecule has 0 saturated heterocycles. The molecule has 0 aliphatic carbocycles. The Kier molecular flexibility index (Phi) is 2.11. The first-order valence-corrected chi connectivity index (χ1v) is 5.49. The van der Waals surface area contributed by atoms with Gasteiger partial charge < -0.3 is 15.2 Å². The summed E-state index contributed by atoms with van der Waals surface area (Å²) in [6.45, 7) is 0.359. The van der Waals surface area contributed by atoms with Crippen molar-refractivity contribution in [1.29, 1.82) is 0 Å². The molecule has 4 nitrogen and oxygen atoms in total. The molecule has 1 aromatic carbocycles. The lowest BCUT2D eigenvalue weighted by Gasteiger charge is -2.27. The van der Waals surface area contributed by atoms with Gasteiger partial charge in [0.05, 0.1) is 6.10 Å². The number of aliphatic hydroxyl groups excluding tert-OH is 1. The molecule has 1 amide bonds. The molecule has 4 heteroatoms. The highest BCUT2D eigenvalue weighted by atomic mass is 16.5. The van der Waals surface area contributed by atoms with Gasteiger partial charge in [-0.05, 0) is 24.1 Å². The predicted octanol–water partition coefficient (Wildman–Crippen LogP) is 0.867. The van der Waals surface area contributed by atoms with Gasteiger partial charge in [-0.2, -0.15) is 0 Å². The third-order valence-corrected chi connectivity index (χ3v) is 3.14. The van der Waals surface area contributed by atoms with Crippen LogP contribution in [-0.4, -0.2) is 23.7 Å². The number of amides is 1. The van der Waals surface area contributed by atoms with Gasteiger partial charge in [-0.25, -0.2) is 0 Å². The molecular formula is C12H13NO3. The fourth-order valence-electron chi connectivity index (χ4n) is 2.36. The molecule has 1 atom stereocenters. The average molecular weight is 219 g/mol. The summed E-state index contributed by atoms with van der Waals surface area (Å²) in [4.78, 5) is 11.3. The lowest BCUT2D eigenvalue weighted by molar-refractivity contribution is -0.116. The monoisotopic (exact) mass is 219 g/mol. The molecule has 0 saturated carbocycles. The van der Waals surface area contributed by atoms with Crippen LogP contribution < -0.4 is 10.1 Å². The van der Waals surface area contributed by atoms with E-state index in [2.05, 4.69) is 5.32 Å². The van der Waals surface area contributed by atoms with Crippen LogP contribution in [0.4, 0.5) is 5.69 Å². The molecule has 0 aromatic heterocycles. The number of hydrogen-bond donors (Lipinski definition) is 2. The molecule has 84 valence electrons. The molecule has 2 aliphatic heterocycles. The summed E-state index contributed by atoms with van der Waals surface area (Å²) in [5.41, 5.74) is 3.04. The van der Waals surface area contributed by atoms with Crippen molar-refractivity contribution < 1.29 is 14.6 Å². The Morgan fingerprint density at radius 2 is 2.19 bits per heavy atom. The zero-order valence-electron chi connectivity index (χ0n) is 8.82. The lowest BCUT2D eigenvalue weighted by atomic mass is 9.92. The molecule has 0 spiro atoms. The van der Waals surface area contributed by atoms with Gasteiger partial charge in [0.15, 0.2) is 0 Å². The van der Waals surface area contributed by atoms with Crippen molar-refractivity contribution >= 4 is 11.6 Å². The second-order valence-electron chi connectivity index (χ2n) is 4.29. The number of benzene rings is 1. The first-order valence-electron chi connectivity index (χ1n) is 5.49. The Hall–Kier alpha value is -1.55. The average Bonchev–Trinajstić information content (AvgIpc) is 2.28. The fourth-order valence-corrected chi connectivity index (χ4v) is 2.36. The van der Waals surface area contributed by atoms with Gasteiger partial charge in [0, 0.05) is 24.1 Å². The van der Waals surface area contributed by atoms with Crippen molar-refractivity contribution in [3.05, 3.63) is 23.3 Å². The van der Waals surface area contributed by atoms with E-state index < -0.39 is 6.10 Å². The quantitative estimate of drug-likeness (QED) is 0.680. The van der Waals surface area contributed by atoms with E-state index >= 15 is 0 Å². The van der Waals surface area contributed by atoms with Gasteiger partial charge in [-0.3, -0.25) is 4.79 Å². The highest BCUT2D eigenvalue weighted by molar-refractivity contribution is 5.94. The summed E-state index contributed by atoms with van der Waals surface area (Å²) in [6.07, 6.45) is 1.44. The predicted molar refractivity (Wildman–Crippen MR) is 58.6 cm³/mol. The highest BCUT2D eigenvalue weighted by Gasteiger charge is 2.25. The van der Waals surface area contributed by atoms with Gasteiger partial charge in [-0.1, -0.05) is 0 Å². The van der Waals surface area contributed by atoms with Crippen LogP contribution in [0, 0.1) is 0 Å². The van der Waals surface area contributed by atoms with Crippen LogP contribution in [-0.2, 0) is 17.6 Å². The first-order chi connectivity index (χ1) is 7.74. The maximum Gasteiger partial charge on any atom is 0.224 e. The molecule has 1 aromatic rings. The van der Waals surface area contributed by atoms with E-state index in [0.29, 0.717) is 19.4 Å². The summed E-state index contributed by atoms with van der Waals surface area (Å²) < 4.78 is 5.47. The van der Waals surface area contributed by atoms with Gasteiger partial charge in [0.25, 0.3) is 0 Å². The van der Waals surface area contributed by atoms with Crippen molar-refractivity contribution in [2.75, 3.05) is 11.9 Å². The maximum absolute atomic E-state index is 11.3. The van der Waals surface area contributed by atoms with Crippen molar-refractivity contribution in [3.63, 3.8) is 0 Å². The van der Waals surface area contributed by atoms with E-state index in [1.807, 2.05) is 12.1 Å². The Morgan fingerprint density at radius 3 is 3.06 bits per heavy atom. The van der Waals surface area contributed by atoms with E-state index in [0.717, 1.165) is 29.0 Å². The topological polar surface area (TPSA) is 58.6 Å². The number of rotatable bonds is 0. The van der Waals surface area contributed by atoms with Crippen LogP contribution in [0.5, 0.6) is 5.75 Å². The molecule has 2 N–H and O–H groups in total. The number of anilines is 1. The second-order valence-corrected chi connectivity index (χ2v) is 4.29. The van der Waals surface area contributed by atoms with E-state index in [-0.39, 0.29) is 5.91 Å². The molecule has 3 rings (SSSR count). The van der Waals surface area contributed by atoms with Crippen molar-refractivity contribution in [2.24, 2.45) is 0 Å². The van der Waals surface area contributed by atoms with E-state index in [1.165, 1.54) is 0 Å². The number of fused-ring (bicyclic) bond motifs is 3. The zero-order chi connectivity index (χ0) is 11.1. The van der Waals surface area contributed by atoms with E-state index in [9.17, 15) is 9.90 Å². The number of carbonyl (C=O) groups excluding carboxylic acids is 1. The van der Waals surface area contributed by atoms with Gasteiger partial charge in [0.1, 0.15) is 12.4 Å². The standard InChI is InChI=1S/C12H13NO3/c14-7-5-9-8-1-4-12(15)13-10(8)2-3-11(9)16-6-7/h2-3,7,14H,1,4-6H2,(H,13,15). The summed E-state index contributed by atoms with van der Waals surface area (Å²) in [6, 6.07) is 3.74. The summed E-state index contributed by atoms with van der Waals surface area (Å²) in [7, 11) is 0. The fraction of sp³-hybridized carbons (Fsp3) is 0.417. The van der Waals surface area contributed by atoms with Crippen LogP contribution >= 0.6 is 0 Å². The smallest absolute Gasteiger partial charge is 0.224 e. The third-order valence-electron chi connectivity index (χ3n) is 3.14. The van der Waals surface area contributed by atoms with Crippen LogP contribution in [0.1, 0.15) is 17.5 Å². The molecule has 1 unspecified atom stereocenters. The van der Waals surface area contributed by atoms with E-state index in [1.54, 1.807) is 0 Å². The first kappa shape index (κ1) is 9.66. The van der Waals surface area contributed by atoms with Crippen molar-refractivity contribution in [3.8, 4) is 5.75 Å². The largest absolute Gasteiger partial charge is 0.491 e. The Bertz CT molecular complexity index is 456. The minimum Gasteiger partial charge on any atom is -0.491 e. The summed E-state index contributed by atoms with van der Waals surface area (Å²) >= 11 is 0. The van der Waals surface area contributed by atoms with Crippen LogP contribution in [0.2, 0.25) is 0 Å². The number of carbonyl (C=O) groups is 1. The SMILES string of the molecule is O=C1CCc2c(ccc3c2CC(O)CO3)N1. The lowest BCUT2D eigenvalue weighted by Crippen LogP contribution is -2.28. The minimum atomic E-state index is -0.434. The Labute approximate surface area is 93.2 Å².